The summed E-state index contributed by atoms with van der Waals surface area (Å²) in [6, 6.07) is 10.00. The van der Waals surface area contributed by atoms with Gasteiger partial charge in [0.25, 0.3) is 0 Å². The molecule has 0 heterocycles. The van der Waals surface area contributed by atoms with Gasteiger partial charge in [0.05, 0.1) is 6.61 Å². The quantitative estimate of drug-likeness (QED) is 0.776. The summed E-state index contributed by atoms with van der Waals surface area (Å²) in [7, 11) is 1.65. The summed E-state index contributed by atoms with van der Waals surface area (Å²) in [5.41, 5.74) is 6.66. The number of methoxy groups -OCH3 is 1. The summed E-state index contributed by atoms with van der Waals surface area (Å²) >= 11 is 0. The number of rotatable bonds is 8. The normalized spacial score (nSPS) is 12.2. The second-order valence-electron chi connectivity index (χ2n) is 4.72. The Bertz CT molecular complexity index is 368. The Morgan fingerprint density at radius 3 is 2.63 bits per heavy atom. The zero-order valence-electron chi connectivity index (χ0n) is 11.8. The van der Waals surface area contributed by atoms with Crippen molar-refractivity contribution in [2.24, 2.45) is 11.7 Å². The lowest BCUT2D eigenvalue weighted by molar-refractivity contribution is -0.136. The summed E-state index contributed by atoms with van der Waals surface area (Å²) in [4.78, 5) is 14.2. The van der Waals surface area contributed by atoms with Gasteiger partial charge in [-0.05, 0) is 18.5 Å². The largest absolute Gasteiger partial charge is 0.383 e. The van der Waals surface area contributed by atoms with Gasteiger partial charge in [-0.15, -0.1) is 0 Å². The van der Waals surface area contributed by atoms with Crippen LogP contribution in [0.4, 0.5) is 0 Å². The first-order chi connectivity index (χ1) is 9.19. The lowest BCUT2D eigenvalue weighted by atomic mass is 10.1. The molecule has 19 heavy (non-hydrogen) atoms. The Morgan fingerprint density at radius 1 is 1.37 bits per heavy atom. The molecule has 1 unspecified atom stereocenters. The summed E-state index contributed by atoms with van der Waals surface area (Å²) in [6.45, 7) is 4.25. The van der Waals surface area contributed by atoms with E-state index in [-0.39, 0.29) is 11.8 Å². The first-order valence-electron chi connectivity index (χ1n) is 6.70. The second-order valence-corrected chi connectivity index (χ2v) is 4.72. The van der Waals surface area contributed by atoms with Gasteiger partial charge >= 0.3 is 0 Å². The molecule has 0 fully saturated rings. The third-order valence-electron chi connectivity index (χ3n) is 3.11. The zero-order valence-corrected chi connectivity index (χ0v) is 11.8. The number of ether oxygens (including phenoxy) is 1. The minimum Gasteiger partial charge on any atom is -0.383 e. The average Bonchev–Trinajstić information content (AvgIpc) is 2.44. The molecule has 0 aromatic heterocycles. The Morgan fingerprint density at radius 2 is 2.05 bits per heavy atom. The standard InChI is InChI=1S/C15H24N2O2/c1-13(8-9-16)15(18)17(10-11-19-2)12-14-6-4-3-5-7-14/h3-7,13H,8-12,16H2,1-2H3. The highest BCUT2D eigenvalue weighted by molar-refractivity contribution is 5.78. The van der Waals surface area contributed by atoms with Crippen molar-refractivity contribution >= 4 is 5.91 Å². The molecule has 1 aromatic carbocycles. The fourth-order valence-corrected chi connectivity index (χ4v) is 1.96. The minimum absolute atomic E-state index is 0.0365. The monoisotopic (exact) mass is 264 g/mol. The molecule has 0 aliphatic carbocycles. The predicted molar refractivity (Wildman–Crippen MR) is 76.6 cm³/mol. The molecule has 1 rings (SSSR count). The number of nitrogens with zero attached hydrogens (tertiary/aromatic N) is 1. The number of hydrogen-bond acceptors (Lipinski definition) is 3. The highest BCUT2D eigenvalue weighted by atomic mass is 16.5. The lowest BCUT2D eigenvalue weighted by Crippen LogP contribution is -2.37. The molecule has 0 aliphatic heterocycles. The molecule has 4 nitrogen and oxygen atoms in total. The molecule has 0 bridgehead atoms. The third-order valence-corrected chi connectivity index (χ3v) is 3.11. The van der Waals surface area contributed by atoms with Crippen molar-refractivity contribution in [3.63, 3.8) is 0 Å². The van der Waals surface area contributed by atoms with Gasteiger partial charge in [-0.1, -0.05) is 37.3 Å². The van der Waals surface area contributed by atoms with Crippen molar-refractivity contribution in [3.05, 3.63) is 35.9 Å². The van der Waals surface area contributed by atoms with Crippen LogP contribution < -0.4 is 5.73 Å². The Hall–Kier alpha value is -1.39. The molecule has 0 radical (unpaired) electrons. The second kappa shape index (κ2) is 8.67. The van der Waals surface area contributed by atoms with E-state index in [9.17, 15) is 4.79 Å². The fourth-order valence-electron chi connectivity index (χ4n) is 1.96. The molecule has 0 spiro atoms. The Kier molecular flexibility index (Phi) is 7.15. The van der Waals surface area contributed by atoms with Gasteiger partial charge in [0.15, 0.2) is 0 Å². The molecule has 106 valence electrons. The maximum atomic E-state index is 12.4. The molecule has 1 atom stereocenters. The molecular weight excluding hydrogens is 240 g/mol. The van der Waals surface area contributed by atoms with E-state index in [0.29, 0.717) is 26.2 Å². The van der Waals surface area contributed by atoms with E-state index in [1.807, 2.05) is 42.2 Å². The first kappa shape index (κ1) is 15.7. The molecule has 2 N–H and O–H groups in total. The van der Waals surface area contributed by atoms with Gasteiger partial charge in [-0.25, -0.2) is 0 Å². The van der Waals surface area contributed by atoms with Gasteiger partial charge in [0, 0.05) is 26.1 Å². The maximum absolute atomic E-state index is 12.4. The number of nitrogens with two attached hydrogens (primary N) is 1. The van der Waals surface area contributed by atoms with Crippen LogP contribution in [0.5, 0.6) is 0 Å². The first-order valence-corrected chi connectivity index (χ1v) is 6.70. The minimum atomic E-state index is -0.0365. The topological polar surface area (TPSA) is 55.6 Å². The number of carbonyl (C=O) groups is 1. The Balaban J connectivity index is 2.68. The van der Waals surface area contributed by atoms with Gasteiger partial charge < -0.3 is 15.4 Å². The van der Waals surface area contributed by atoms with Crippen LogP contribution in [-0.4, -0.2) is 37.6 Å². The smallest absolute Gasteiger partial charge is 0.225 e. The molecular formula is C15H24N2O2. The number of carbonyl (C=O) groups excluding carboxylic acids is 1. The van der Waals surface area contributed by atoms with E-state index in [4.69, 9.17) is 10.5 Å². The van der Waals surface area contributed by atoms with Crippen molar-refractivity contribution in [1.29, 1.82) is 0 Å². The number of amides is 1. The van der Waals surface area contributed by atoms with Gasteiger partial charge in [0.1, 0.15) is 0 Å². The fraction of sp³-hybridized carbons (Fsp3) is 0.533. The van der Waals surface area contributed by atoms with E-state index >= 15 is 0 Å². The van der Waals surface area contributed by atoms with Crippen molar-refractivity contribution < 1.29 is 9.53 Å². The van der Waals surface area contributed by atoms with E-state index in [0.717, 1.165) is 12.0 Å². The summed E-state index contributed by atoms with van der Waals surface area (Å²) < 4.78 is 5.08. The molecule has 1 amide bonds. The van der Waals surface area contributed by atoms with E-state index < -0.39 is 0 Å². The van der Waals surface area contributed by atoms with Crippen molar-refractivity contribution in [3.8, 4) is 0 Å². The number of benzene rings is 1. The highest BCUT2D eigenvalue weighted by Gasteiger charge is 2.19. The molecule has 1 aromatic rings. The number of hydrogen-bond donors (Lipinski definition) is 1. The highest BCUT2D eigenvalue weighted by Crippen LogP contribution is 2.11. The van der Waals surface area contributed by atoms with Crippen LogP contribution >= 0.6 is 0 Å². The van der Waals surface area contributed by atoms with Gasteiger partial charge in [-0.3, -0.25) is 4.79 Å². The summed E-state index contributed by atoms with van der Waals surface area (Å²) in [5.74, 6) is 0.108. The van der Waals surface area contributed by atoms with E-state index in [2.05, 4.69) is 0 Å². The predicted octanol–water partition coefficient (Wildman–Crippen LogP) is 1.65. The van der Waals surface area contributed by atoms with Crippen LogP contribution in [-0.2, 0) is 16.1 Å². The lowest BCUT2D eigenvalue weighted by Gasteiger charge is -2.25. The molecule has 0 aliphatic rings. The molecule has 0 saturated heterocycles. The van der Waals surface area contributed by atoms with Crippen LogP contribution in [0.3, 0.4) is 0 Å². The van der Waals surface area contributed by atoms with Crippen molar-refractivity contribution in [2.75, 3.05) is 26.8 Å². The van der Waals surface area contributed by atoms with Crippen molar-refractivity contribution in [1.82, 2.24) is 4.90 Å². The zero-order chi connectivity index (χ0) is 14.1. The van der Waals surface area contributed by atoms with E-state index in [1.54, 1.807) is 7.11 Å². The summed E-state index contributed by atoms with van der Waals surface area (Å²) in [5, 5.41) is 0. The van der Waals surface area contributed by atoms with Crippen LogP contribution in [0.1, 0.15) is 18.9 Å². The van der Waals surface area contributed by atoms with Crippen LogP contribution in [0.15, 0.2) is 30.3 Å². The molecule has 4 heteroatoms. The molecule has 0 saturated carbocycles. The average molecular weight is 264 g/mol. The van der Waals surface area contributed by atoms with Crippen molar-refractivity contribution in [2.45, 2.75) is 19.9 Å². The summed E-state index contributed by atoms with van der Waals surface area (Å²) in [6.07, 6.45) is 0.719. The van der Waals surface area contributed by atoms with Gasteiger partial charge in [0.2, 0.25) is 5.91 Å². The third kappa shape index (κ3) is 5.41. The van der Waals surface area contributed by atoms with Crippen LogP contribution in [0, 0.1) is 5.92 Å². The van der Waals surface area contributed by atoms with Crippen LogP contribution in [0.25, 0.3) is 0 Å². The van der Waals surface area contributed by atoms with Crippen LogP contribution in [0.2, 0.25) is 0 Å². The SMILES string of the molecule is COCCN(Cc1ccccc1)C(=O)C(C)CCN. The Labute approximate surface area is 115 Å². The maximum Gasteiger partial charge on any atom is 0.225 e. The van der Waals surface area contributed by atoms with Gasteiger partial charge in [-0.2, -0.15) is 0 Å². The van der Waals surface area contributed by atoms with E-state index in [1.165, 1.54) is 0 Å².